The standard InChI is InChI=1S/C21H26N4O4/c1-3-29-21-9-8-17(14-18(21)15-24-10-12-28-13-11-24)16(2)22-23-19-6-4-5-7-20(19)25(26)27/h4-9,14,23H,3,10-13,15H2,1-2H3/b22-16+. The molecule has 1 aliphatic heterocycles. The second-order valence-electron chi connectivity index (χ2n) is 6.73. The van der Waals surface area contributed by atoms with Gasteiger partial charge in [-0.2, -0.15) is 5.10 Å². The number of benzene rings is 2. The van der Waals surface area contributed by atoms with Crippen LogP contribution in [0.3, 0.4) is 0 Å². The number of nitro benzene ring substituents is 1. The minimum absolute atomic E-state index is 0.0104. The predicted molar refractivity (Wildman–Crippen MR) is 113 cm³/mol. The minimum Gasteiger partial charge on any atom is -0.494 e. The molecule has 1 fully saturated rings. The lowest BCUT2D eigenvalue weighted by atomic mass is 10.1. The van der Waals surface area contributed by atoms with E-state index in [1.165, 1.54) is 6.07 Å². The first-order valence-electron chi connectivity index (χ1n) is 9.68. The van der Waals surface area contributed by atoms with Crippen LogP contribution in [0.15, 0.2) is 47.6 Å². The van der Waals surface area contributed by atoms with E-state index in [4.69, 9.17) is 9.47 Å². The van der Waals surface area contributed by atoms with Crippen LogP contribution in [0.2, 0.25) is 0 Å². The van der Waals surface area contributed by atoms with Crippen molar-refractivity contribution in [1.29, 1.82) is 0 Å². The van der Waals surface area contributed by atoms with Crippen molar-refractivity contribution < 1.29 is 14.4 Å². The Labute approximate surface area is 170 Å². The number of nitrogens with one attached hydrogen (secondary N) is 1. The molecule has 2 aromatic rings. The van der Waals surface area contributed by atoms with Crippen molar-refractivity contribution in [1.82, 2.24) is 4.90 Å². The Balaban J connectivity index is 1.80. The molecule has 1 saturated heterocycles. The number of nitrogens with zero attached hydrogens (tertiary/aromatic N) is 3. The minimum atomic E-state index is -0.426. The summed E-state index contributed by atoms with van der Waals surface area (Å²) in [6, 6.07) is 12.4. The van der Waals surface area contributed by atoms with E-state index in [0.29, 0.717) is 12.3 Å². The van der Waals surface area contributed by atoms with E-state index in [2.05, 4.69) is 21.5 Å². The number of morpholine rings is 1. The van der Waals surface area contributed by atoms with Gasteiger partial charge in [0.25, 0.3) is 5.69 Å². The number of rotatable bonds is 8. The van der Waals surface area contributed by atoms with Gasteiger partial charge < -0.3 is 9.47 Å². The molecule has 0 aliphatic carbocycles. The Morgan fingerprint density at radius 3 is 2.76 bits per heavy atom. The summed E-state index contributed by atoms with van der Waals surface area (Å²) in [6.45, 7) is 8.48. The van der Waals surface area contributed by atoms with Crippen molar-refractivity contribution in [2.75, 3.05) is 38.3 Å². The maximum Gasteiger partial charge on any atom is 0.294 e. The number of para-hydroxylation sites is 2. The van der Waals surface area contributed by atoms with Gasteiger partial charge in [-0.3, -0.25) is 20.4 Å². The van der Waals surface area contributed by atoms with Crippen molar-refractivity contribution in [3.05, 3.63) is 63.7 Å². The Morgan fingerprint density at radius 1 is 1.28 bits per heavy atom. The number of nitro groups is 1. The normalized spacial score (nSPS) is 15.2. The van der Waals surface area contributed by atoms with Crippen LogP contribution in [0.5, 0.6) is 5.75 Å². The van der Waals surface area contributed by atoms with E-state index in [9.17, 15) is 10.1 Å². The van der Waals surface area contributed by atoms with Crippen LogP contribution in [0.1, 0.15) is 25.0 Å². The quantitative estimate of drug-likeness (QED) is 0.415. The fourth-order valence-corrected chi connectivity index (χ4v) is 3.16. The van der Waals surface area contributed by atoms with Crippen LogP contribution in [0.4, 0.5) is 11.4 Å². The van der Waals surface area contributed by atoms with Crippen molar-refractivity contribution in [3.63, 3.8) is 0 Å². The fraction of sp³-hybridized carbons (Fsp3) is 0.381. The van der Waals surface area contributed by atoms with Crippen LogP contribution < -0.4 is 10.2 Å². The molecule has 8 heteroatoms. The summed E-state index contributed by atoms with van der Waals surface area (Å²) >= 11 is 0. The lowest BCUT2D eigenvalue weighted by Crippen LogP contribution is -2.35. The van der Waals surface area contributed by atoms with E-state index < -0.39 is 4.92 Å². The maximum absolute atomic E-state index is 11.2. The van der Waals surface area contributed by atoms with Crippen molar-refractivity contribution >= 4 is 17.1 Å². The largest absolute Gasteiger partial charge is 0.494 e. The fourth-order valence-electron chi connectivity index (χ4n) is 3.16. The number of ether oxygens (including phenoxy) is 2. The highest BCUT2D eigenvalue weighted by atomic mass is 16.6. The topological polar surface area (TPSA) is 89.2 Å². The summed E-state index contributed by atoms with van der Waals surface area (Å²) in [7, 11) is 0. The van der Waals surface area contributed by atoms with E-state index in [0.717, 1.165) is 55.4 Å². The predicted octanol–water partition coefficient (Wildman–Crippen LogP) is 3.66. The van der Waals surface area contributed by atoms with Gasteiger partial charge in [-0.15, -0.1) is 0 Å². The van der Waals surface area contributed by atoms with Gasteiger partial charge in [0.15, 0.2) is 0 Å². The van der Waals surface area contributed by atoms with E-state index in [1.54, 1.807) is 18.2 Å². The van der Waals surface area contributed by atoms with E-state index >= 15 is 0 Å². The third-order valence-corrected chi connectivity index (χ3v) is 4.72. The first kappa shape index (κ1) is 20.8. The van der Waals surface area contributed by atoms with Crippen LogP contribution in [-0.4, -0.2) is 48.4 Å². The van der Waals surface area contributed by atoms with Crippen molar-refractivity contribution in [3.8, 4) is 5.75 Å². The molecule has 1 heterocycles. The molecular formula is C21H26N4O4. The van der Waals surface area contributed by atoms with Gasteiger partial charge in [0.1, 0.15) is 11.4 Å². The molecule has 154 valence electrons. The lowest BCUT2D eigenvalue weighted by molar-refractivity contribution is -0.384. The monoisotopic (exact) mass is 398 g/mol. The van der Waals surface area contributed by atoms with Gasteiger partial charge in [0.2, 0.25) is 0 Å². The smallest absolute Gasteiger partial charge is 0.294 e. The zero-order valence-electron chi connectivity index (χ0n) is 16.8. The first-order valence-corrected chi connectivity index (χ1v) is 9.68. The highest BCUT2D eigenvalue weighted by molar-refractivity contribution is 5.99. The van der Waals surface area contributed by atoms with E-state index in [-0.39, 0.29) is 5.69 Å². The Morgan fingerprint density at radius 2 is 2.03 bits per heavy atom. The number of hydrogen-bond donors (Lipinski definition) is 1. The molecule has 0 bridgehead atoms. The molecule has 0 spiro atoms. The second kappa shape index (κ2) is 9.99. The Hall–Kier alpha value is -2.97. The third-order valence-electron chi connectivity index (χ3n) is 4.72. The average Bonchev–Trinajstić information content (AvgIpc) is 2.74. The Kier molecular flexibility index (Phi) is 7.15. The van der Waals surface area contributed by atoms with Gasteiger partial charge >= 0.3 is 0 Å². The highest BCUT2D eigenvalue weighted by Crippen LogP contribution is 2.25. The SMILES string of the molecule is CCOc1ccc(/C(C)=N/Nc2ccccc2[N+](=O)[O-])cc1CN1CCOCC1. The highest BCUT2D eigenvalue weighted by Gasteiger charge is 2.15. The number of hydrogen-bond acceptors (Lipinski definition) is 7. The lowest BCUT2D eigenvalue weighted by Gasteiger charge is -2.27. The molecule has 8 nitrogen and oxygen atoms in total. The van der Waals surface area contributed by atoms with Crippen LogP contribution in [0.25, 0.3) is 0 Å². The summed E-state index contributed by atoms with van der Waals surface area (Å²) in [6.07, 6.45) is 0. The van der Waals surface area contributed by atoms with Crippen molar-refractivity contribution in [2.45, 2.75) is 20.4 Å². The summed E-state index contributed by atoms with van der Waals surface area (Å²) in [4.78, 5) is 13.1. The molecule has 0 saturated carbocycles. The summed E-state index contributed by atoms with van der Waals surface area (Å²) in [5.41, 5.74) is 5.92. The maximum atomic E-state index is 11.2. The molecule has 0 atom stereocenters. The molecule has 1 aliphatic rings. The molecule has 0 unspecified atom stereocenters. The molecule has 0 radical (unpaired) electrons. The van der Waals surface area contributed by atoms with Crippen LogP contribution in [0, 0.1) is 10.1 Å². The van der Waals surface area contributed by atoms with Crippen molar-refractivity contribution in [2.24, 2.45) is 5.10 Å². The second-order valence-corrected chi connectivity index (χ2v) is 6.73. The van der Waals surface area contributed by atoms with Gasteiger partial charge in [-0.25, -0.2) is 0 Å². The van der Waals surface area contributed by atoms with Gasteiger partial charge in [0, 0.05) is 31.3 Å². The van der Waals surface area contributed by atoms with E-state index in [1.807, 2.05) is 26.0 Å². The first-order chi connectivity index (χ1) is 14.1. The zero-order chi connectivity index (χ0) is 20.6. The van der Waals surface area contributed by atoms with Gasteiger partial charge in [0.05, 0.1) is 30.5 Å². The zero-order valence-corrected chi connectivity index (χ0v) is 16.8. The average molecular weight is 398 g/mol. The summed E-state index contributed by atoms with van der Waals surface area (Å²) < 4.78 is 11.2. The molecule has 1 N–H and O–H groups in total. The molecule has 3 rings (SSSR count). The van der Waals surface area contributed by atoms with Crippen LogP contribution in [-0.2, 0) is 11.3 Å². The molecule has 0 aromatic heterocycles. The van der Waals surface area contributed by atoms with Crippen LogP contribution >= 0.6 is 0 Å². The Bertz CT molecular complexity index is 879. The van der Waals surface area contributed by atoms with Gasteiger partial charge in [-0.05, 0) is 43.7 Å². The molecular weight excluding hydrogens is 372 g/mol. The molecule has 2 aromatic carbocycles. The van der Waals surface area contributed by atoms with Gasteiger partial charge in [-0.1, -0.05) is 12.1 Å². The molecule has 29 heavy (non-hydrogen) atoms. The molecule has 0 amide bonds. The number of hydrazone groups is 1. The number of anilines is 1. The summed E-state index contributed by atoms with van der Waals surface area (Å²) in [5, 5.41) is 15.5. The summed E-state index contributed by atoms with van der Waals surface area (Å²) in [5.74, 6) is 0.863. The third kappa shape index (κ3) is 5.52.